The Morgan fingerprint density at radius 3 is 2.77 bits per heavy atom. The highest BCUT2D eigenvalue weighted by molar-refractivity contribution is 5.93. The maximum Gasteiger partial charge on any atom is 0.356 e. The zero-order valence-electron chi connectivity index (χ0n) is 6.47. The largest absolute Gasteiger partial charge is 0.403 e. The predicted molar refractivity (Wildman–Crippen MR) is 40.8 cm³/mol. The van der Waals surface area contributed by atoms with E-state index in [0.29, 0.717) is 0 Å². The number of carbonyl (C=O) groups is 2. The fraction of sp³-hybridized carbons (Fsp3) is 0. The number of aromatic nitrogens is 1. The Balaban J connectivity index is 2.40. The van der Waals surface area contributed by atoms with Crippen molar-refractivity contribution in [3.63, 3.8) is 0 Å². The Hall–Kier alpha value is -2.04. The molecule has 1 aromatic rings. The minimum absolute atomic E-state index is 0.183. The highest BCUT2D eigenvalue weighted by Gasteiger charge is 2.12. The molecule has 0 aromatic carbocycles. The number of nitrogens with zero attached hydrogens (tertiary/aromatic N) is 1. The highest BCUT2D eigenvalue weighted by Crippen LogP contribution is 2.11. The van der Waals surface area contributed by atoms with Crippen molar-refractivity contribution in [3.05, 3.63) is 30.5 Å². The number of hydrogen-bond acceptors (Lipinski definition) is 4. The molecule has 0 unspecified atom stereocenters. The van der Waals surface area contributed by atoms with Crippen LogP contribution in [0.5, 0.6) is 5.88 Å². The maximum absolute atomic E-state index is 10.9. The van der Waals surface area contributed by atoms with Crippen LogP contribution < -0.4 is 9.57 Å². The summed E-state index contributed by atoms with van der Waals surface area (Å²) in [5.41, 5.74) is 0. The van der Waals surface area contributed by atoms with E-state index in [-0.39, 0.29) is 5.88 Å². The highest BCUT2D eigenvalue weighted by atomic mass is 16.7. The van der Waals surface area contributed by atoms with Crippen molar-refractivity contribution < 1.29 is 19.2 Å². The van der Waals surface area contributed by atoms with Gasteiger partial charge in [0.15, 0.2) is 0 Å². The lowest BCUT2D eigenvalue weighted by atomic mass is 10.5. The van der Waals surface area contributed by atoms with Crippen molar-refractivity contribution in [2.24, 2.45) is 0 Å². The van der Waals surface area contributed by atoms with Gasteiger partial charge in [-0.2, -0.15) is 0 Å². The number of rotatable bonds is 0. The molecule has 0 saturated heterocycles. The van der Waals surface area contributed by atoms with Crippen molar-refractivity contribution in [1.82, 2.24) is 4.73 Å². The van der Waals surface area contributed by atoms with Crippen LogP contribution in [0, 0.1) is 0 Å². The second-order valence-electron chi connectivity index (χ2n) is 2.34. The average molecular weight is 179 g/mol. The minimum Gasteiger partial charge on any atom is -0.403 e. The monoisotopic (exact) mass is 179 g/mol. The maximum atomic E-state index is 10.9. The summed E-state index contributed by atoms with van der Waals surface area (Å²) in [7, 11) is 0. The summed E-state index contributed by atoms with van der Waals surface area (Å²) in [5, 5.41) is 0. The first kappa shape index (κ1) is 7.60. The van der Waals surface area contributed by atoms with Gasteiger partial charge in [-0.15, -0.1) is 4.73 Å². The van der Waals surface area contributed by atoms with Crippen LogP contribution in [-0.4, -0.2) is 16.7 Å². The van der Waals surface area contributed by atoms with Crippen molar-refractivity contribution in [2.45, 2.75) is 0 Å². The molecule has 1 aromatic heterocycles. The lowest BCUT2D eigenvalue weighted by Gasteiger charge is -2.08. The molecule has 13 heavy (non-hydrogen) atoms. The third-order valence-corrected chi connectivity index (χ3v) is 1.43. The fourth-order valence-corrected chi connectivity index (χ4v) is 0.905. The number of fused-ring (bicyclic) bond motifs is 1. The molecule has 0 fully saturated rings. The molecule has 5 heteroatoms. The van der Waals surface area contributed by atoms with Gasteiger partial charge in [0, 0.05) is 24.4 Å². The van der Waals surface area contributed by atoms with Gasteiger partial charge in [-0.25, -0.2) is 9.59 Å². The molecule has 0 bridgehead atoms. The van der Waals surface area contributed by atoms with E-state index < -0.39 is 11.9 Å². The lowest BCUT2D eigenvalue weighted by Crippen LogP contribution is -2.22. The molecule has 0 radical (unpaired) electrons. The summed E-state index contributed by atoms with van der Waals surface area (Å²) in [6.07, 6.45) is 3.49. The van der Waals surface area contributed by atoms with Crippen molar-refractivity contribution >= 4 is 11.9 Å². The van der Waals surface area contributed by atoms with Gasteiger partial charge in [-0.1, -0.05) is 0 Å². The molecule has 5 nitrogen and oxygen atoms in total. The first-order chi connectivity index (χ1) is 6.25. The average Bonchev–Trinajstić information content (AvgIpc) is 2.47. The number of ether oxygens (including phenoxy) is 1. The van der Waals surface area contributed by atoms with E-state index in [9.17, 15) is 9.59 Å². The van der Waals surface area contributed by atoms with Gasteiger partial charge >= 0.3 is 11.9 Å². The zero-order valence-corrected chi connectivity index (χ0v) is 6.47. The normalized spacial score (nSPS) is 17.8. The van der Waals surface area contributed by atoms with Crippen LogP contribution in [0.3, 0.4) is 0 Å². The molecule has 1 aliphatic rings. The summed E-state index contributed by atoms with van der Waals surface area (Å²) in [4.78, 5) is 26.6. The van der Waals surface area contributed by atoms with Gasteiger partial charge in [-0.3, -0.25) is 0 Å². The molecular formula is C8H5NO4. The molecule has 2 rings (SSSR count). The first-order valence-corrected chi connectivity index (χ1v) is 3.55. The Labute approximate surface area is 73.1 Å². The van der Waals surface area contributed by atoms with E-state index in [4.69, 9.17) is 9.57 Å². The van der Waals surface area contributed by atoms with E-state index in [1.165, 1.54) is 12.3 Å². The number of hydrogen-bond donors (Lipinski definition) is 0. The third-order valence-electron chi connectivity index (χ3n) is 1.43. The summed E-state index contributed by atoms with van der Waals surface area (Å²) in [5.74, 6) is -1.03. The van der Waals surface area contributed by atoms with Gasteiger partial charge in [-0.05, 0) is 6.07 Å². The molecular weight excluding hydrogens is 174 g/mol. The number of esters is 1. The van der Waals surface area contributed by atoms with Gasteiger partial charge in [0.1, 0.15) is 0 Å². The van der Waals surface area contributed by atoms with Crippen molar-refractivity contribution in [3.8, 4) is 5.88 Å². The van der Waals surface area contributed by atoms with Gasteiger partial charge in [0.05, 0.1) is 0 Å². The van der Waals surface area contributed by atoms with E-state index in [1.807, 2.05) is 0 Å². The lowest BCUT2D eigenvalue weighted by molar-refractivity contribution is -0.142. The molecule has 66 valence electrons. The molecule has 0 atom stereocenters. The standard InChI is InChI=1S/C8H5NO4/c10-7-3-4-8(11)13-9-5-1-2-6(9)12-7/h1-5H/b4-3-. The smallest absolute Gasteiger partial charge is 0.356 e. The van der Waals surface area contributed by atoms with E-state index in [1.54, 1.807) is 6.07 Å². The molecule has 1 aliphatic heterocycles. The third kappa shape index (κ3) is 1.44. The second kappa shape index (κ2) is 2.78. The Morgan fingerprint density at radius 1 is 1.15 bits per heavy atom. The zero-order chi connectivity index (χ0) is 9.26. The van der Waals surface area contributed by atoms with Crippen molar-refractivity contribution in [1.29, 1.82) is 0 Å². The van der Waals surface area contributed by atoms with Gasteiger partial charge in [0.25, 0.3) is 0 Å². The second-order valence-corrected chi connectivity index (χ2v) is 2.34. The minimum atomic E-state index is -0.617. The Morgan fingerprint density at radius 2 is 1.92 bits per heavy atom. The first-order valence-electron chi connectivity index (χ1n) is 3.55. The van der Waals surface area contributed by atoms with Crippen LogP contribution in [0.15, 0.2) is 30.5 Å². The molecule has 0 N–H and O–H groups in total. The van der Waals surface area contributed by atoms with E-state index in [0.717, 1.165) is 16.9 Å². The van der Waals surface area contributed by atoms with Crippen LogP contribution >= 0.6 is 0 Å². The SMILES string of the molecule is O=C1/C=C\C(=O)On2cccc2O1. The fourth-order valence-electron chi connectivity index (χ4n) is 0.905. The molecule has 2 heterocycles. The topological polar surface area (TPSA) is 57.5 Å². The van der Waals surface area contributed by atoms with E-state index >= 15 is 0 Å². The number of carbonyl (C=O) groups excluding carboxylic acids is 2. The Bertz CT molecular complexity index is 356. The van der Waals surface area contributed by atoms with Crippen molar-refractivity contribution in [2.75, 3.05) is 0 Å². The van der Waals surface area contributed by atoms with Gasteiger partial charge in [0.2, 0.25) is 5.88 Å². The van der Waals surface area contributed by atoms with Crippen LogP contribution in [0.1, 0.15) is 0 Å². The van der Waals surface area contributed by atoms with Crippen LogP contribution in [0.4, 0.5) is 0 Å². The van der Waals surface area contributed by atoms with Crippen LogP contribution in [0.25, 0.3) is 0 Å². The van der Waals surface area contributed by atoms with Crippen LogP contribution in [-0.2, 0) is 9.59 Å². The quantitative estimate of drug-likeness (QED) is 0.522. The molecule has 0 saturated carbocycles. The molecule has 0 amide bonds. The Kier molecular flexibility index (Phi) is 1.63. The summed E-state index contributed by atoms with van der Waals surface area (Å²) in [6, 6.07) is 3.12. The van der Waals surface area contributed by atoms with Gasteiger partial charge < -0.3 is 9.57 Å². The van der Waals surface area contributed by atoms with E-state index in [2.05, 4.69) is 0 Å². The van der Waals surface area contributed by atoms with Crippen LogP contribution in [0.2, 0.25) is 0 Å². The molecule has 0 spiro atoms. The summed E-state index contributed by atoms with van der Waals surface area (Å²) in [6.45, 7) is 0. The molecule has 0 aliphatic carbocycles. The predicted octanol–water partition coefficient (Wildman–Crippen LogP) is -0.0815. The summed E-state index contributed by atoms with van der Waals surface area (Å²) >= 11 is 0. The summed E-state index contributed by atoms with van der Waals surface area (Å²) < 4.78 is 5.87.